The first-order chi connectivity index (χ1) is 12.5. The van der Waals surface area contributed by atoms with Gasteiger partial charge in [0.1, 0.15) is 0 Å². The van der Waals surface area contributed by atoms with Crippen LogP contribution in [0.4, 0.5) is 0 Å². The lowest BCUT2D eigenvalue weighted by atomic mass is 10.1. The molecule has 0 rings (SSSR count). The SMILES string of the molecule is NCCCCCCCCC(=O)O.[N-]=[N+]=NCCCCCCCCC(=O)O. The molecular weight excluding hydrogens is 336 g/mol. The highest BCUT2D eigenvalue weighted by Gasteiger charge is 1.96. The first-order valence-corrected chi connectivity index (χ1v) is 9.69. The number of carboxylic acids is 2. The molecule has 0 amide bonds. The second-order valence-electron chi connectivity index (χ2n) is 6.27. The lowest BCUT2D eigenvalue weighted by Gasteiger charge is -1.98. The number of carbonyl (C=O) groups is 2. The van der Waals surface area contributed by atoms with Gasteiger partial charge in [-0.1, -0.05) is 56.5 Å². The number of nitrogens with two attached hydrogens (primary N) is 1. The average molecular weight is 373 g/mol. The molecule has 0 bridgehead atoms. The van der Waals surface area contributed by atoms with Gasteiger partial charge in [0.2, 0.25) is 0 Å². The van der Waals surface area contributed by atoms with E-state index >= 15 is 0 Å². The number of carboxylic acid groups (broad SMARTS) is 2. The maximum Gasteiger partial charge on any atom is 0.303 e. The Hall–Kier alpha value is -1.79. The number of hydrogen-bond acceptors (Lipinski definition) is 4. The molecule has 26 heavy (non-hydrogen) atoms. The van der Waals surface area contributed by atoms with Gasteiger partial charge in [0, 0.05) is 24.3 Å². The summed E-state index contributed by atoms with van der Waals surface area (Å²) in [6, 6.07) is 0. The Kier molecular flexibility index (Phi) is 23.6. The van der Waals surface area contributed by atoms with Gasteiger partial charge >= 0.3 is 11.9 Å². The Morgan fingerprint density at radius 2 is 1.12 bits per heavy atom. The summed E-state index contributed by atoms with van der Waals surface area (Å²) < 4.78 is 0. The van der Waals surface area contributed by atoms with E-state index in [2.05, 4.69) is 10.0 Å². The molecule has 0 saturated carbocycles. The molecule has 8 heteroatoms. The van der Waals surface area contributed by atoms with E-state index in [4.69, 9.17) is 21.5 Å². The zero-order valence-electron chi connectivity index (χ0n) is 15.9. The fourth-order valence-corrected chi connectivity index (χ4v) is 2.34. The molecule has 0 aromatic rings. The molecule has 0 saturated heterocycles. The van der Waals surface area contributed by atoms with Crippen molar-refractivity contribution in [3.8, 4) is 0 Å². The fraction of sp³-hybridized carbons (Fsp3) is 0.889. The van der Waals surface area contributed by atoms with E-state index < -0.39 is 11.9 Å². The number of hydrogen-bond donors (Lipinski definition) is 3. The van der Waals surface area contributed by atoms with Gasteiger partial charge in [0.15, 0.2) is 0 Å². The molecule has 0 aliphatic heterocycles. The van der Waals surface area contributed by atoms with Gasteiger partial charge < -0.3 is 15.9 Å². The van der Waals surface area contributed by atoms with Gasteiger partial charge in [-0.25, -0.2) is 0 Å². The molecule has 0 heterocycles. The average Bonchev–Trinajstić information content (AvgIpc) is 2.59. The highest BCUT2D eigenvalue weighted by Crippen LogP contribution is 2.07. The summed E-state index contributed by atoms with van der Waals surface area (Å²) in [4.78, 5) is 22.9. The number of aliphatic carboxylic acids is 2. The predicted octanol–water partition coefficient (Wildman–Crippen LogP) is 4.87. The normalized spacial score (nSPS) is 9.73. The molecule has 0 spiro atoms. The predicted molar refractivity (Wildman–Crippen MR) is 103 cm³/mol. The van der Waals surface area contributed by atoms with Gasteiger partial charge in [0.05, 0.1) is 0 Å². The van der Waals surface area contributed by atoms with E-state index in [9.17, 15) is 9.59 Å². The quantitative estimate of drug-likeness (QED) is 0.144. The molecule has 8 nitrogen and oxygen atoms in total. The monoisotopic (exact) mass is 372 g/mol. The molecule has 0 unspecified atom stereocenters. The summed E-state index contributed by atoms with van der Waals surface area (Å²) in [5, 5.41) is 20.1. The largest absolute Gasteiger partial charge is 0.481 e. The minimum absolute atomic E-state index is 0.277. The highest BCUT2D eigenvalue weighted by atomic mass is 16.4. The Labute approximate surface area is 156 Å². The third-order valence-corrected chi connectivity index (χ3v) is 3.81. The van der Waals surface area contributed by atoms with E-state index in [1.54, 1.807) is 0 Å². The van der Waals surface area contributed by atoms with Crippen molar-refractivity contribution in [1.82, 2.24) is 0 Å². The molecule has 0 aromatic carbocycles. The van der Waals surface area contributed by atoms with Gasteiger partial charge in [-0.15, -0.1) is 0 Å². The van der Waals surface area contributed by atoms with Crippen LogP contribution in [0, 0.1) is 0 Å². The third kappa shape index (κ3) is 30.1. The second-order valence-corrected chi connectivity index (χ2v) is 6.27. The van der Waals surface area contributed by atoms with Crippen molar-refractivity contribution in [1.29, 1.82) is 0 Å². The van der Waals surface area contributed by atoms with E-state index in [-0.39, 0.29) is 6.42 Å². The number of azide groups is 1. The standard InChI is InChI=1S/C9H17N3O2.C9H19NO2/c10-12-11-8-6-4-2-1-3-5-7-9(13)14;10-8-6-4-2-1-3-5-7-9(11)12/h1-8H2,(H,13,14);1-8,10H2,(H,11,12). The van der Waals surface area contributed by atoms with E-state index in [1.165, 1.54) is 12.8 Å². The zero-order valence-corrected chi connectivity index (χ0v) is 15.9. The van der Waals surface area contributed by atoms with Crippen LogP contribution in [0.2, 0.25) is 0 Å². The fourth-order valence-electron chi connectivity index (χ4n) is 2.34. The van der Waals surface area contributed by atoms with Gasteiger partial charge in [-0.3, -0.25) is 9.59 Å². The number of nitrogens with zero attached hydrogens (tertiary/aromatic N) is 3. The molecular formula is C18H36N4O4. The minimum atomic E-state index is -0.714. The summed E-state index contributed by atoms with van der Waals surface area (Å²) in [6.45, 7) is 1.35. The smallest absolute Gasteiger partial charge is 0.303 e. The lowest BCUT2D eigenvalue weighted by molar-refractivity contribution is -0.138. The molecule has 0 radical (unpaired) electrons. The first-order valence-electron chi connectivity index (χ1n) is 9.69. The topological polar surface area (TPSA) is 149 Å². The van der Waals surface area contributed by atoms with Crippen molar-refractivity contribution < 1.29 is 19.8 Å². The molecule has 0 aromatic heterocycles. The van der Waals surface area contributed by atoms with E-state index in [0.717, 1.165) is 70.8 Å². The van der Waals surface area contributed by atoms with Crippen molar-refractivity contribution in [3.05, 3.63) is 10.4 Å². The summed E-state index contributed by atoms with van der Waals surface area (Å²) >= 11 is 0. The first kappa shape index (κ1) is 26.4. The van der Waals surface area contributed by atoms with Crippen LogP contribution < -0.4 is 5.73 Å². The Morgan fingerprint density at radius 3 is 1.50 bits per heavy atom. The Morgan fingerprint density at radius 1 is 0.731 bits per heavy atom. The maximum absolute atomic E-state index is 10.2. The summed E-state index contributed by atoms with van der Waals surface area (Å²) in [7, 11) is 0. The van der Waals surface area contributed by atoms with E-state index in [0.29, 0.717) is 13.0 Å². The van der Waals surface area contributed by atoms with Crippen LogP contribution in [0.25, 0.3) is 10.4 Å². The molecule has 0 atom stereocenters. The van der Waals surface area contributed by atoms with Gasteiger partial charge in [-0.05, 0) is 37.8 Å². The number of unbranched alkanes of at least 4 members (excludes halogenated alkanes) is 10. The summed E-state index contributed by atoms with van der Waals surface area (Å²) in [5.41, 5.74) is 13.3. The van der Waals surface area contributed by atoms with Crippen LogP contribution in [0.1, 0.15) is 89.9 Å². The second kappa shape index (κ2) is 23.2. The van der Waals surface area contributed by atoms with Gasteiger partial charge in [-0.2, -0.15) is 0 Å². The van der Waals surface area contributed by atoms with Crippen LogP contribution >= 0.6 is 0 Å². The van der Waals surface area contributed by atoms with Crippen molar-refractivity contribution in [2.45, 2.75) is 89.9 Å². The van der Waals surface area contributed by atoms with Crippen molar-refractivity contribution in [3.63, 3.8) is 0 Å². The van der Waals surface area contributed by atoms with Crippen LogP contribution in [0.5, 0.6) is 0 Å². The third-order valence-electron chi connectivity index (χ3n) is 3.81. The van der Waals surface area contributed by atoms with Crippen molar-refractivity contribution in [2.24, 2.45) is 10.8 Å². The zero-order chi connectivity index (χ0) is 19.9. The molecule has 4 N–H and O–H groups in total. The minimum Gasteiger partial charge on any atom is -0.481 e. The molecule has 0 fully saturated rings. The van der Waals surface area contributed by atoms with Crippen LogP contribution in [-0.2, 0) is 9.59 Å². The van der Waals surface area contributed by atoms with Gasteiger partial charge in [0.25, 0.3) is 0 Å². The summed E-state index contributed by atoms with van der Waals surface area (Å²) in [5.74, 6) is -1.40. The van der Waals surface area contributed by atoms with Crippen LogP contribution in [-0.4, -0.2) is 35.2 Å². The lowest BCUT2D eigenvalue weighted by Crippen LogP contribution is -1.97. The van der Waals surface area contributed by atoms with Crippen molar-refractivity contribution >= 4 is 11.9 Å². The summed E-state index contributed by atoms with van der Waals surface area (Å²) in [6.07, 6.45) is 13.0. The Bertz CT molecular complexity index is 377. The van der Waals surface area contributed by atoms with Crippen LogP contribution in [0.3, 0.4) is 0 Å². The maximum atomic E-state index is 10.2. The number of rotatable bonds is 17. The Balaban J connectivity index is 0. The van der Waals surface area contributed by atoms with Crippen LogP contribution in [0.15, 0.2) is 5.11 Å². The van der Waals surface area contributed by atoms with Crippen molar-refractivity contribution in [2.75, 3.05) is 13.1 Å². The molecule has 0 aliphatic carbocycles. The molecule has 152 valence electrons. The van der Waals surface area contributed by atoms with E-state index in [1.807, 2.05) is 0 Å². The molecule has 0 aliphatic rings. The highest BCUT2D eigenvalue weighted by molar-refractivity contribution is 5.66.